The van der Waals surface area contributed by atoms with Gasteiger partial charge in [-0.3, -0.25) is 0 Å². The molecule has 136 valence electrons. The first-order valence-electron chi connectivity index (χ1n) is 8.93. The Labute approximate surface area is 151 Å². The Hall–Kier alpha value is -2.96. The number of carbonyl (C=O) groups excluding carboxylic acids is 1. The molecule has 0 spiro atoms. The Morgan fingerprint density at radius 3 is 3.12 bits per heavy atom. The van der Waals surface area contributed by atoms with Crippen molar-refractivity contribution >= 4 is 22.8 Å². The molecule has 0 radical (unpaired) electrons. The molecular formula is C19H23N5O2. The van der Waals surface area contributed by atoms with E-state index < -0.39 is 0 Å². The van der Waals surface area contributed by atoms with Crippen molar-refractivity contribution in [3.05, 3.63) is 48.4 Å². The number of nitrogens with zero attached hydrogens (tertiary/aromatic N) is 3. The van der Waals surface area contributed by atoms with Crippen LogP contribution in [-0.4, -0.2) is 47.3 Å². The second kappa shape index (κ2) is 7.11. The molecule has 4 rings (SSSR count). The predicted octanol–water partition coefficient (Wildman–Crippen LogP) is 2.97. The number of hydrogen-bond acceptors (Lipinski definition) is 4. The maximum Gasteiger partial charge on any atom is 0.317 e. The number of fused-ring (bicyclic) bond motifs is 1. The third kappa shape index (κ3) is 3.37. The van der Waals surface area contributed by atoms with E-state index in [0.717, 1.165) is 48.3 Å². The molecule has 3 heterocycles. The Kier molecular flexibility index (Phi) is 4.51. The third-order valence-corrected chi connectivity index (χ3v) is 5.03. The first kappa shape index (κ1) is 16.5. The van der Waals surface area contributed by atoms with Gasteiger partial charge in [0, 0.05) is 37.4 Å². The van der Waals surface area contributed by atoms with E-state index >= 15 is 0 Å². The van der Waals surface area contributed by atoms with E-state index in [9.17, 15) is 4.79 Å². The molecule has 1 saturated heterocycles. The lowest BCUT2D eigenvalue weighted by Gasteiger charge is -2.37. The standard InChI is InChI=1S/C19H23N5O2/c1-23(16-6-4-9-24(13-16)18-8-10-26-22-18)19(25)20-12-15-11-14-5-2-3-7-17(14)21-15/h2-3,5,7-8,10-11,16,21H,4,6,9,12-13H2,1H3,(H,20,25)/t16-/m1/s1. The molecule has 3 aromatic rings. The molecule has 7 heteroatoms. The average Bonchev–Trinajstić information content (AvgIpc) is 3.35. The highest BCUT2D eigenvalue weighted by molar-refractivity contribution is 5.80. The number of urea groups is 1. The second-order valence-electron chi connectivity index (χ2n) is 6.75. The number of anilines is 1. The number of para-hydroxylation sites is 1. The minimum Gasteiger partial charge on any atom is -0.363 e. The SMILES string of the molecule is CN(C(=O)NCc1cc2ccccc2[nH]1)[C@@H]1CCCN(c2ccon2)C1. The van der Waals surface area contributed by atoms with Gasteiger partial charge in [-0.2, -0.15) is 0 Å². The molecule has 0 saturated carbocycles. The minimum atomic E-state index is -0.0596. The Morgan fingerprint density at radius 2 is 2.31 bits per heavy atom. The van der Waals surface area contributed by atoms with Crippen LogP contribution in [0.2, 0.25) is 0 Å². The van der Waals surface area contributed by atoms with Gasteiger partial charge in [0.25, 0.3) is 0 Å². The number of rotatable bonds is 4. The molecule has 1 fully saturated rings. The van der Waals surface area contributed by atoms with Crippen molar-refractivity contribution in [1.82, 2.24) is 20.4 Å². The fourth-order valence-corrected chi connectivity index (χ4v) is 3.54. The summed E-state index contributed by atoms with van der Waals surface area (Å²) in [4.78, 5) is 19.9. The molecule has 1 aliphatic heterocycles. The molecule has 0 aliphatic carbocycles. The Balaban J connectivity index is 1.35. The van der Waals surface area contributed by atoms with Crippen LogP contribution < -0.4 is 10.2 Å². The van der Waals surface area contributed by atoms with Crippen LogP contribution in [0.15, 0.2) is 47.2 Å². The van der Waals surface area contributed by atoms with Crippen LogP contribution in [0, 0.1) is 0 Å². The lowest BCUT2D eigenvalue weighted by atomic mass is 10.0. The molecular weight excluding hydrogens is 330 g/mol. The fourth-order valence-electron chi connectivity index (χ4n) is 3.54. The lowest BCUT2D eigenvalue weighted by molar-refractivity contribution is 0.182. The molecule has 1 atom stereocenters. The van der Waals surface area contributed by atoms with Crippen molar-refractivity contribution in [3.63, 3.8) is 0 Å². The highest BCUT2D eigenvalue weighted by atomic mass is 16.5. The quantitative estimate of drug-likeness (QED) is 0.756. The highest BCUT2D eigenvalue weighted by Gasteiger charge is 2.27. The maximum atomic E-state index is 12.6. The molecule has 0 unspecified atom stereocenters. The molecule has 2 aromatic heterocycles. The van der Waals surface area contributed by atoms with Crippen LogP contribution in [0.5, 0.6) is 0 Å². The number of piperidine rings is 1. The monoisotopic (exact) mass is 353 g/mol. The van der Waals surface area contributed by atoms with Crippen LogP contribution in [-0.2, 0) is 6.54 Å². The van der Waals surface area contributed by atoms with E-state index in [0.29, 0.717) is 6.54 Å². The number of H-pyrrole nitrogens is 1. The summed E-state index contributed by atoms with van der Waals surface area (Å²) in [7, 11) is 1.86. The van der Waals surface area contributed by atoms with Crippen LogP contribution in [0.1, 0.15) is 18.5 Å². The van der Waals surface area contributed by atoms with Crippen LogP contribution >= 0.6 is 0 Å². The van der Waals surface area contributed by atoms with E-state index in [-0.39, 0.29) is 12.1 Å². The Morgan fingerprint density at radius 1 is 1.42 bits per heavy atom. The number of aromatic nitrogens is 2. The molecule has 2 N–H and O–H groups in total. The summed E-state index contributed by atoms with van der Waals surface area (Å²) in [6.07, 6.45) is 3.59. The van der Waals surface area contributed by atoms with Gasteiger partial charge in [-0.15, -0.1) is 0 Å². The maximum absolute atomic E-state index is 12.6. The average molecular weight is 353 g/mol. The van der Waals surface area contributed by atoms with Crippen molar-refractivity contribution in [3.8, 4) is 0 Å². The van der Waals surface area contributed by atoms with Gasteiger partial charge < -0.3 is 24.6 Å². The van der Waals surface area contributed by atoms with Crippen molar-refractivity contribution in [2.45, 2.75) is 25.4 Å². The third-order valence-electron chi connectivity index (χ3n) is 5.03. The topological polar surface area (TPSA) is 77.4 Å². The summed E-state index contributed by atoms with van der Waals surface area (Å²) in [6.45, 7) is 2.19. The summed E-state index contributed by atoms with van der Waals surface area (Å²) in [5.74, 6) is 0.835. The number of likely N-dealkylation sites (N-methyl/N-ethyl adjacent to an activating group) is 1. The first-order valence-corrected chi connectivity index (χ1v) is 8.93. The number of amides is 2. The van der Waals surface area contributed by atoms with Crippen LogP contribution in [0.3, 0.4) is 0 Å². The van der Waals surface area contributed by atoms with Gasteiger partial charge in [-0.1, -0.05) is 23.4 Å². The minimum absolute atomic E-state index is 0.0596. The van der Waals surface area contributed by atoms with Crippen LogP contribution in [0.4, 0.5) is 10.6 Å². The molecule has 7 nitrogen and oxygen atoms in total. The van der Waals surface area contributed by atoms with Crippen molar-refractivity contribution in [1.29, 1.82) is 0 Å². The summed E-state index contributed by atoms with van der Waals surface area (Å²) >= 11 is 0. The summed E-state index contributed by atoms with van der Waals surface area (Å²) < 4.78 is 4.94. The predicted molar refractivity (Wildman–Crippen MR) is 100 cm³/mol. The summed E-state index contributed by atoms with van der Waals surface area (Å²) in [5.41, 5.74) is 2.08. The van der Waals surface area contributed by atoms with E-state index in [2.05, 4.69) is 32.5 Å². The highest BCUT2D eigenvalue weighted by Crippen LogP contribution is 2.20. The smallest absolute Gasteiger partial charge is 0.317 e. The van der Waals surface area contributed by atoms with E-state index in [1.54, 1.807) is 11.2 Å². The number of benzene rings is 1. The van der Waals surface area contributed by atoms with Gasteiger partial charge in [-0.25, -0.2) is 4.79 Å². The summed E-state index contributed by atoms with van der Waals surface area (Å²) in [6, 6.07) is 12.1. The zero-order valence-electron chi connectivity index (χ0n) is 14.8. The first-order chi connectivity index (χ1) is 12.7. The van der Waals surface area contributed by atoms with Gasteiger partial charge in [0.1, 0.15) is 6.26 Å². The van der Waals surface area contributed by atoms with Gasteiger partial charge in [-0.05, 0) is 30.4 Å². The molecule has 1 aliphatic rings. The number of hydrogen-bond donors (Lipinski definition) is 2. The van der Waals surface area contributed by atoms with Gasteiger partial charge >= 0.3 is 6.03 Å². The van der Waals surface area contributed by atoms with E-state index in [4.69, 9.17) is 4.52 Å². The molecule has 1 aromatic carbocycles. The van der Waals surface area contributed by atoms with Gasteiger partial charge in [0.05, 0.1) is 12.6 Å². The lowest BCUT2D eigenvalue weighted by Crippen LogP contribution is -2.51. The normalized spacial score (nSPS) is 17.4. The van der Waals surface area contributed by atoms with Crippen LogP contribution in [0.25, 0.3) is 10.9 Å². The van der Waals surface area contributed by atoms with Crippen molar-refractivity contribution < 1.29 is 9.32 Å². The Bertz CT molecular complexity index is 840. The van der Waals surface area contributed by atoms with Gasteiger partial charge in [0.15, 0.2) is 5.82 Å². The van der Waals surface area contributed by atoms with E-state index in [1.807, 2.05) is 31.3 Å². The zero-order chi connectivity index (χ0) is 17.9. The van der Waals surface area contributed by atoms with Crippen molar-refractivity contribution in [2.75, 3.05) is 25.0 Å². The van der Waals surface area contributed by atoms with Crippen molar-refractivity contribution in [2.24, 2.45) is 0 Å². The number of nitrogens with one attached hydrogen (secondary N) is 2. The fraction of sp³-hybridized carbons (Fsp3) is 0.368. The molecule has 2 amide bonds. The van der Waals surface area contributed by atoms with Gasteiger partial charge in [0.2, 0.25) is 0 Å². The second-order valence-corrected chi connectivity index (χ2v) is 6.75. The summed E-state index contributed by atoms with van der Waals surface area (Å²) in [5, 5.41) is 8.17. The zero-order valence-corrected chi connectivity index (χ0v) is 14.8. The molecule has 26 heavy (non-hydrogen) atoms. The number of aromatic amines is 1. The molecule has 0 bridgehead atoms. The van der Waals surface area contributed by atoms with E-state index in [1.165, 1.54) is 0 Å². The number of carbonyl (C=O) groups is 1. The largest absolute Gasteiger partial charge is 0.363 e.